The lowest BCUT2D eigenvalue weighted by Gasteiger charge is -2.27. The van der Waals surface area contributed by atoms with Crippen LogP contribution in [-0.4, -0.2) is 49.6 Å². The van der Waals surface area contributed by atoms with Gasteiger partial charge in [-0.05, 0) is 65.2 Å². The van der Waals surface area contributed by atoms with Crippen LogP contribution in [0.15, 0.2) is 0 Å². The third-order valence-electron chi connectivity index (χ3n) is 4.14. The second kappa shape index (κ2) is 7.10. The van der Waals surface area contributed by atoms with E-state index in [9.17, 15) is 4.79 Å². The van der Waals surface area contributed by atoms with Crippen molar-refractivity contribution in [2.24, 2.45) is 5.92 Å². The average Bonchev–Trinajstić information content (AvgIpc) is 2.87. The van der Waals surface area contributed by atoms with Crippen molar-refractivity contribution >= 4 is 5.91 Å². The third-order valence-corrected chi connectivity index (χ3v) is 4.14. The van der Waals surface area contributed by atoms with E-state index in [0.29, 0.717) is 6.04 Å². The molecule has 0 radical (unpaired) electrons. The van der Waals surface area contributed by atoms with Gasteiger partial charge in [0.05, 0.1) is 0 Å². The molecule has 4 nitrogen and oxygen atoms in total. The van der Waals surface area contributed by atoms with Crippen molar-refractivity contribution in [1.29, 1.82) is 0 Å². The molecule has 0 spiro atoms. The molecule has 2 aliphatic heterocycles. The van der Waals surface area contributed by atoms with Crippen molar-refractivity contribution in [3.05, 3.63) is 0 Å². The molecule has 2 saturated heterocycles. The van der Waals surface area contributed by atoms with Crippen LogP contribution in [0.25, 0.3) is 0 Å². The van der Waals surface area contributed by atoms with Crippen LogP contribution in [0.5, 0.6) is 0 Å². The Bertz CT molecular complexity index is 264. The van der Waals surface area contributed by atoms with Crippen molar-refractivity contribution in [3.63, 3.8) is 0 Å². The van der Waals surface area contributed by atoms with Gasteiger partial charge in [-0.2, -0.15) is 0 Å². The predicted molar refractivity (Wildman–Crippen MR) is 73.5 cm³/mol. The Kier molecular flexibility index (Phi) is 5.45. The van der Waals surface area contributed by atoms with Crippen LogP contribution in [0.2, 0.25) is 0 Å². The quantitative estimate of drug-likeness (QED) is 0.718. The smallest absolute Gasteiger partial charge is 0.223 e. The number of nitrogens with one attached hydrogen (secondary N) is 2. The molecule has 2 atom stereocenters. The lowest BCUT2D eigenvalue weighted by Crippen LogP contribution is -2.42. The van der Waals surface area contributed by atoms with Gasteiger partial charge in [-0.1, -0.05) is 0 Å². The Morgan fingerprint density at radius 1 is 1.39 bits per heavy atom. The largest absolute Gasteiger partial charge is 0.356 e. The summed E-state index contributed by atoms with van der Waals surface area (Å²) in [7, 11) is 0. The first-order valence-electron chi connectivity index (χ1n) is 7.49. The molecule has 0 aromatic heterocycles. The highest BCUT2D eigenvalue weighted by molar-refractivity contribution is 5.78. The molecule has 0 aromatic carbocycles. The Morgan fingerprint density at radius 3 is 2.89 bits per heavy atom. The van der Waals surface area contributed by atoms with E-state index >= 15 is 0 Å². The zero-order valence-electron chi connectivity index (χ0n) is 11.6. The summed E-state index contributed by atoms with van der Waals surface area (Å²) >= 11 is 0. The lowest BCUT2D eigenvalue weighted by atomic mass is 9.92. The molecule has 4 heteroatoms. The molecule has 2 fully saturated rings. The van der Waals surface area contributed by atoms with Crippen molar-refractivity contribution < 1.29 is 4.79 Å². The minimum Gasteiger partial charge on any atom is -0.356 e. The maximum Gasteiger partial charge on any atom is 0.223 e. The van der Waals surface area contributed by atoms with Gasteiger partial charge < -0.3 is 15.5 Å². The number of amides is 1. The van der Waals surface area contributed by atoms with E-state index in [1.54, 1.807) is 0 Å². The Balaban J connectivity index is 1.56. The molecule has 2 rings (SSSR count). The first kappa shape index (κ1) is 13.8. The van der Waals surface area contributed by atoms with Crippen LogP contribution >= 0.6 is 0 Å². The fraction of sp³-hybridized carbons (Fsp3) is 0.929. The van der Waals surface area contributed by atoms with Gasteiger partial charge in [0.25, 0.3) is 0 Å². The molecular weight excluding hydrogens is 226 g/mol. The van der Waals surface area contributed by atoms with Crippen LogP contribution in [0, 0.1) is 5.92 Å². The number of hydrogen-bond donors (Lipinski definition) is 2. The topological polar surface area (TPSA) is 44.4 Å². The van der Waals surface area contributed by atoms with Gasteiger partial charge in [-0.25, -0.2) is 0 Å². The van der Waals surface area contributed by atoms with Gasteiger partial charge in [-0.15, -0.1) is 0 Å². The van der Waals surface area contributed by atoms with Crippen LogP contribution < -0.4 is 10.6 Å². The molecule has 2 N–H and O–H groups in total. The zero-order valence-corrected chi connectivity index (χ0v) is 11.6. The highest BCUT2D eigenvalue weighted by Crippen LogP contribution is 2.15. The van der Waals surface area contributed by atoms with Gasteiger partial charge in [0, 0.05) is 18.5 Å². The van der Waals surface area contributed by atoms with E-state index in [0.717, 1.165) is 38.9 Å². The number of piperidine rings is 1. The van der Waals surface area contributed by atoms with Crippen molar-refractivity contribution in [2.75, 3.05) is 32.7 Å². The van der Waals surface area contributed by atoms with Gasteiger partial charge in [0.15, 0.2) is 0 Å². The summed E-state index contributed by atoms with van der Waals surface area (Å²) < 4.78 is 0. The Morgan fingerprint density at radius 2 is 2.17 bits per heavy atom. The summed E-state index contributed by atoms with van der Waals surface area (Å²) in [5.41, 5.74) is 0. The summed E-state index contributed by atoms with van der Waals surface area (Å²) in [6.07, 6.45) is 5.76. The van der Waals surface area contributed by atoms with Crippen molar-refractivity contribution in [3.8, 4) is 0 Å². The summed E-state index contributed by atoms with van der Waals surface area (Å²) in [6.45, 7) is 7.62. The van der Waals surface area contributed by atoms with E-state index in [-0.39, 0.29) is 11.8 Å². The first-order valence-corrected chi connectivity index (χ1v) is 7.49. The maximum atomic E-state index is 12.0. The van der Waals surface area contributed by atoms with Gasteiger partial charge in [-0.3, -0.25) is 4.79 Å². The normalized spacial score (nSPS) is 29.4. The number of rotatable bonds is 5. The maximum absolute atomic E-state index is 12.0. The summed E-state index contributed by atoms with van der Waals surface area (Å²) in [4.78, 5) is 14.5. The van der Waals surface area contributed by atoms with Gasteiger partial charge in [0.1, 0.15) is 0 Å². The Labute approximate surface area is 110 Å². The first-order chi connectivity index (χ1) is 8.75. The summed E-state index contributed by atoms with van der Waals surface area (Å²) in [5, 5.41) is 6.49. The van der Waals surface area contributed by atoms with Crippen molar-refractivity contribution in [1.82, 2.24) is 15.5 Å². The van der Waals surface area contributed by atoms with Crippen LogP contribution in [0.3, 0.4) is 0 Å². The van der Waals surface area contributed by atoms with Crippen LogP contribution in [0.4, 0.5) is 0 Å². The van der Waals surface area contributed by atoms with Gasteiger partial charge in [0.2, 0.25) is 5.91 Å². The SMILES string of the molecule is CC1CC(C(=O)NCCCN2CCCC2)CCN1. The molecular formula is C14H27N3O. The minimum absolute atomic E-state index is 0.230. The molecule has 2 aliphatic rings. The molecule has 2 heterocycles. The third kappa shape index (κ3) is 4.25. The van der Waals surface area contributed by atoms with Crippen molar-refractivity contribution in [2.45, 2.75) is 45.1 Å². The van der Waals surface area contributed by atoms with Gasteiger partial charge >= 0.3 is 0 Å². The highest BCUT2D eigenvalue weighted by Gasteiger charge is 2.24. The predicted octanol–water partition coefficient (Wildman–Crippen LogP) is 0.977. The molecule has 0 aromatic rings. The fourth-order valence-corrected chi connectivity index (χ4v) is 3.03. The number of carbonyl (C=O) groups excluding carboxylic acids is 1. The molecule has 18 heavy (non-hydrogen) atoms. The summed E-state index contributed by atoms with van der Waals surface area (Å²) in [5.74, 6) is 0.498. The number of hydrogen-bond acceptors (Lipinski definition) is 3. The van der Waals surface area contributed by atoms with Crippen LogP contribution in [0.1, 0.15) is 39.0 Å². The minimum atomic E-state index is 0.230. The number of nitrogens with zero attached hydrogens (tertiary/aromatic N) is 1. The van der Waals surface area contributed by atoms with E-state index in [4.69, 9.17) is 0 Å². The molecule has 2 unspecified atom stereocenters. The second-order valence-electron chi connectivity index (χ2n) is 5.77. The average molecular weight is 253 g/mol. The van der Waals surface area contributed by atoms with E-state index in [1.807, 2.05) is 0 Å². The number of carbonyl (C=O) groups is 1. The molecule has 0 bridgehead atoms. The van der Waals surface area contributed by atoms with Crippen LogP contribution in [-0.2, 0) is 4.79 Å². The Hall–Kier alpha value is -0.610. The van der Waals surface area contributed by atoms with E-state index < -0.39 is 0 Å². The molecule has 1 amide bonds. The summed E-state index contributed by atoms with van der Waals surface area (Å²) in [6, 6.07) is 0.485. The molecule has 104 valence electrons. The number of likely N-dealkylation sites (tertiary alicyclic amines) is 1. The lowest BCUT2D eigenvalue weighted by molar-refractivity contribution is -0.126. The standard InChI is InChI=1S/C14H27N3O/c1-12-11-13(5-7-15-12)14(18)16-6-4-10-17-8-2-3-9-17/h12-13,15H,2-11H2,1H3,(H,16,18). The van der Waals surface area contributed by atoms with E-state index in [2.05, 4.69) is 22.5 Å². The highest BCUT2D eigenvalue weighted by atomic mass is 16.1. The fourth-order valence-electron chi connectivity index (χ4n) is 3.03. The molecule has 0 saturated carbocycles. The monoisotopic (exact) mass is 253 g/mol. The zero-order chi connectivity index (χ0) is 12.8. The second-order valence-corrected chi connectivity index (χ2v) is 5.77. The molecule has 0 aliphatic carbocycles. The van der Waals surface area contributed by atoms with E-state index in [1.165, 1.54) is 25.9 Å².